The van der Waals surface area contributed by atoms with Gasteiger partial charge < -0.3 is 14.6 Å². The fourth-order valence-corrected chi connectivity index (χ4v) is 5.07. The van der Waals surface area contributed by atoms with Crippen LogP contribution in [0.3, 0.4) is 0 Å². The number of hydrogen-bond acceptors (Lipinski definition) is 5. The maximum atomic E-state index is 10.4. The van der Waals surface area contributed by atoms with Gasteiger partial charge in [0.2, 0.25) is 0 Å². The van der Waals surface area contributed by atoms with Crippen molar-refractivity contribution in [3.8, 4) is 28.3 Å². The number of piperidine rings is 1. The zero-order valence-corrected chi connectivity index (χ0v) is 19.2. The van der Waals surface area contributed by atoms with E-state index in [1.165, 1.54) is 5.69 Å². The molecule has 6 heteroatoms. The molecule has 2 aromatic carbocycles. The third-order valence-corrected chi connectivity index (χ3v) is 6.83. The van der Waals surface area contributed by atoms with Crippen LogP contribution in [0.5, 0.6) is 0 Å². The summed E-state index contributed by atoms with van der Waals surface area (Å²) in [5.74, 6) is 0.446. The lowest BCUT2D eigenvalue weighted by Crippen LogP contribution is -2.34. The number of aliphatic hydroxyl groups excluding tert-OH is 1. The van der Waals surface area contributed by atoms with E-state index in [-0.39, 0.29) is 6.61 Å². The third-order valence-electron chi connectivity index (χ3n) is 6.83. The van der Waals surface area contributed by atoms with Gasteiger partial charge in [-0.3, -0.25) is 4.98 Å². The van der Waals surface area contributed by atoms with Crippen LogP contribution in [-0.2, 0) is 13.7 Å². The number of hydrogen-bond donors (Lipinski definition) is 1. The summed E-state index contributed by atoms with van der Waals surface area (Å²) >= 11 is 0. The molecule has 0 spiro atoms. The van der Waals surface area contributed by atoms with Crippen LogP contribution in [0.25, 0.3) is 22.3 Å². The topological polar surface area (TPSA) is 78.0 Å². The summed E-state index contributed by atoms with van der Waals surface area (Å²) in [5, 5.41) is 20.4. The SMILES string of the molecule is Cn1cncc1C1CCN(c2c(-c3cnccc3CO)ccc(-c3ccccc3)c2C#N)CC1. The van der Waals surface area contributed by atoms with Gasteiger partial charge in [0.1, 0.15) is 6.07 Å². The molecule has 0 bridgehead atoms. The van der Waals surface area contributed by atoms with Gasteiger partial charge >= 0.3 is 0 Å². The van der Waals surface area contributed by atoms with E-state index in [0.717, 1.165) is 59.4 Å². The van der Waals surface area contributed by atoms with Gasteiger partial charge in [0.15, 0.2) is 0 Å². The molecule has 0 aliphatic carbocycles. The van der Waals surface area contributed by atoms with E-state index < -0.39 is 0 Å². The maximum Gasteiger partial charge on any atom is 0.102 e. The van der Waals surface area contributed by atoms with Crippen LogP contribution in [0.1, 0.15) is 35.6 Å². The maximum absolute atomic E-state index is 10.4. The minimum Gasteiger partial charge on any atom is -0.392 e. The minimum atomic E-state index is -0.0812. The van der Waals surface area contributed by atoms with Crippen LogP contribution >= 0.6 is 0 Å². The second kappa shape index (κ2) is 9.50. The number of anilines is 1. The van der Waals surface area contributed by atoms with Gasteiger partial charge in [-0.1, -0.05) is 42.5 Å². The highest BCUT2D eigenvalue weighted by Crippen LogP contribution is 2.42. The molecule has 4 aromatic rings. The molecule has 0 atom stereocenters. The Kier molecular flexibility index (Phi) is 6.11. The van der Waals surface area contributed by atoms with Crippen molar-refractivity contribution < 1.29 is 5.11 Å². The van der Waals surface area contributed by atoms with E-state index in [1.807, 2.05) is 62.0 Å². The standard InChI is InChI=1S/C28H27N5O/c1-32-19-31-17-27(32)21-10-13-33(14-11-21)28-24(26-16-30-12-9-22(26)18-34)8-7-23(25(28)15-29)20-5-3-2-4-6-20/h2-9,12,16-17,19,21,34H,10-11,13-14,18H2,1H3. The Hall–Kier alpha value is -3.95. The fourth-order valence-electron chi connectivity index (χ4n) is 5.07. The molecule has 5 rings (SSSR count). The number of aryl methyl sites for hydroxylation is 1. The van der Waals surface area contributed by atoms with Gasteiger partial charge in [-0.15, -0.1) is 0 Å². The molecule has 2 aromatic heterocycles. The monoisotopic (exact) mass is 449 g/mol. The lowest BCUT2D eigenvalue weighted by molar-refractivity contribution is 0.282. The largest absolute Gasteiger partial charge is 0.392 e. The first-order valence-corrected chi connectivity index (χ1v) is 11.6. The predicted octanol–water partition coefficient (Wildman–Crippen LogP) is 4.90. The average Bonchev–Trinajstić information content (AvgIpc) is 3.34. The first-order valence-electron chi connectivity index (χ1n) is 11.6. The van der Waals surface area contributed by atoms with Crippen molar-refractivity contribution >= 4 is 5.69 Å². The van der Waals surface area contributed by atoms with Crippen LogP contribution < -0.4 is 4.90 Å². The molecule has 1 saturated heterocycles. The first kappa shape index (κ1) is 21.9. The highest BCUT2D eigenvalue weighted by Gasteiger charge is 2.28. The number of benzene rings is 2. The minimum absolute atomic E-state index is 0.0812. The number of aliphatic hydroxyl groups is 1. The molecule has 6 nitrogen and oxygen atoms in total. The van der Waals surface area contributed by atoms with Gasteiger partial charge in [-0.05, 0) is 30.0 Å². The van der Waals surface area contributed by atoms with E-state index >= 15 is 0 Å². The molecule has 0 radical (unpaired) electrons. The highest BCUT2D eigenvalue weighted by atomic mass is 16.3. The molecule has 0 amide bonds. The molecule has 1 aliphatic heterocycles. The summed E-state index contributed by atoms with van der Waals surface area (Å²) in [5.41, 5.74) is 7.39. The lowest BCUT2D eigenvalue weighted by atomic mass is 9.88. The van der Waals surface area contributed by atoms with Gasteiger partial charge in [0.25, 0.3) is 0 Å². The third kappa shape index (κ3) is 3.95. The molecule has 170 valence electrons. The summed E-state index contributed by atoms with van der Waals surface area (Å²) < 4.78 is 2.10. The molecular formula is C28H27N5O. The smallest absolute Gasteiger partial charge is 0.102 e. The summed E-state index contributed by atoms with van der Waals surface area (Å²) in [7, 11) is 2.04. The molecule has 0 saturated carbocycles. The van der Waals surface area contributed by atoms with E-state index in [9.17, 15) is 10.4 Å². The average molecular weight is 450 g/mol. The van der Waals surface area contributed by atoms with Crippen molar-refractivity contribution in [1.82, 2.24) is 14.5 Å². The normalized spacial score (nSPS) is 14.2. The number of nitrogens with zero attached hydrogens (tertiary/aromatic N) is 5. The number of rotatable bonds is 5. The van der Waals surface area contributed by atoms with Gasteiger partial charge in [-0.25, -0.2) is 4.98 Å². The van der Waals surface area contributed by atoms with Gasteiger partial charge in [0, 0.05) is 67.0 Å². The van der Waals surface area contributed by atoms with Crippen LogP contribution in [0.4, 0.5) is 5.69 Å². The van der Waals surface area contributed by atoms with Crippen LogP contribution in [0.15, 0.2) is 73.4 Å². The van der Waals surface area contributed by atoms with E-state index in [4.69, 9.17) is 0 Å². The molecule has 1 aliphatic rings. The predicted molar refractivity (Wildman–Crippen MR) is 133 cm³/mol. The van der Waals surface area contributed by atoms with Crippen molar-refractivity contribution in [2.75, 3.05) is 18.0 Å². The molecular weight excluding hydrogens is 422 g/mol. The van der Waals surface area contributed by atoms with E-state index in [0.29, 0.717) is 11.5 Å². The summed E-state index contributed by atoms with van der Waals surface area (Å²) in [6.45, 7) is 1.59. The Balaban J connectivity index is 1.61. The molecule has 1 N–H and O–H groups in total. The first-order chi connectivity index (χ1) is 16.7. The summed E-state index contributed by atoms with van der Waals surface area (Å²) in [6, 6.07) is 18.5. The summed E-state index contributed by atoms with van der Waals surface area (Å²) in [6.07, 6.45) is 9.27. The van der Waals surface area contributed by atoms with E-state index in [1.54, 1.807) is 12.4 Å². The second-order valence-electron chi connectivity index (χ2n) is 8.74. The Morgan fingerprint density at radius 1 is 0.971 bits per heavy atom. The number of pyridine rings is 1. The quantitative estimate of drug-likeness (QED) is 0.469. The van der Waals surface area contributed by atoms with Crippen LogP contribution in [0, 0.1) is 11.3 Å². The van der Waals surface area contributed by atoms with Gasteiger partial charge in [-0.2, -0.15) is 5.26 Å². The number of nitriles is 1. The van der Waals surface area contributed by atoms with Crippen molar-refractivity contribution in [2.45, 2.75) is 25.4 Å². The Bertz CT molecular complexity index is 1330. The fraction of sp³-hybridized carbons (Fsp3) is 0.250. The molecule has 1 fully saturated rings. The van der Waals surface area contributed by atoms with Crippen molar-refractivity contribution in [3.05, 3.63) is 90.3 Å². The van der Waals surface area contributed by atoms with E-state index in [2.05, 4.69) is 31.6 Å². The number of aromatic nitrogens is 3. The van der Waals surface area contributed by atoms with Gasteiger partial charge in [0.05, 0.1) is 24.2 Å². The van der Waals surface area contributed by atoms with Crippen molar-refractivity contribution in [2.24, 2.45) is 7.05 Å². The Morgan fingerprint density at radius 2 is 1.74 bits per heavy atom. The van der Waals surface area contributed by atoms with Crippen molar-refractivity contribution in [3.63, 3.8) is 0 Å². The zero-order chi connectivity index (χ0) is 23.5. The lowest BCUT2D eigenvalue weighted by Gasteiger charge is -2.36. The summed E-state index contributed by atoms with van der Waals surface area (Å²) in [4.78, 5) is 11.0. The Labute approximate surface area is 199 Å². The van der Waals surface area contributed by atoms with Crippen LogP contribution in [0.2, 0.25) is 0 Å². The van der Waals surface area contributed by atoms with Crippen molar-refractivity contribution in [1.29, 1.82) is 5.26 Å². The second-order valence-corrected chi connectivity index (χ2v) is 8.74. The number of imidazole rings is 1. The highest BCUT2D eigenvalue weighted by molar-refractivity contribution is 5.90. The Morgan fingerprint density at radius 3 is 2.41 bits per heavy atom. The molecule has 3 heterocycles. The molecule has 34 heavy (non-hydrogen) atoms. The van der Waals surface area contributed by atoms with Crippen LogP contribution in [-0.4, -0.2) is 32.7 Å². The zero-order valence-electron chi connectivity index (χ0n) is 19.2. The molecule has 0 unspecified atom stereocenters.